The van der Waals surface area contributed by atoms with Crippen LogP contribution in [0.2, 0.25) is 0 Å². The first-order valence-electron chi connectivity index (χ1n) is 5.53. The van der Waals surface area contributed by atoms with Gasteiger partial charge in [-0.15, -0.1) is 0 Å². The molecule has 2 nitrogen and oxygen atoms in total. The Kier molecular flexibility index (Phi) is 5.20. The van der Waals surface area contributed by atoms with Gasteiger partial charge in [-0.1, -0.05) is 44.0 Å². The van der Waals surface area contributed by atoms with E-state index < -0.39 is 4.32 Å². The summed E-state index contributed by atoms with van der Waals surface area (Å²) in [6.45, 7) is 5.70. The van der Waals surface area contributed by atoms with E-state index in [4.69, 9.17) is 0 Å². The Morgan fingerprint density at radius 2 is 1.88 bits per heavy atom. The first-order valence-corrected chi connectivity index (χ1v) is 7.12. The van der Waals surface area contributed by atoms with E-state index >= 15 is 0 Å². The van der Waals surface area contributed by atoms with Gasteiger partial charge in [0.15, 0.2) is 0 Å². The summed E-state index contributed by atoms with van der Waals surface area (Å²) in [6.07, 6.45) is 0.835. The average molecular weight is 363 g/mol. The number of benzene rings is 1. The third kappa shape index (κ3) is 5.21. The molecule has 0 heterocycles. The molecule has 1 aromatic carbocycles. The van der Waals surface area contributed by atoms with Crippen molar-refractivity contribution in [2.75, 3.05) is 0 Å². The SMILES string of the molecule is CC(Cc1ccc(Br)cc1)NC(=O)C(C)(C)Br. The molecule has 0 saturated carbocycles. The van der Waals surface area contributed by atoms with Crippen molar-refractivity contribution in [1.82, 2.24) is 5.32 Å². The van der Waals surface area contributed by atoms with Gasteiger partial charge in [-0.2, -0.15) is 0 Å². The lowest BCUT2D eigenvalue weighted by Crippen LogP contribution is -2.43. The standard InChI is InChI=1S/C13H17Br2NO/c1-9(16-12(17)13(2,3)15)8-10-4-6-11(14)7-5-10/h4-7,9H,8H2,1-3H3,(H,16,17). The predicted molar refractivity (Wildman–Crippen MR) is 78.5 cm³/mol. The molecule has 1 aromatic rings. The number of rotatable bonds is 4. The highest BCUT2D eigenvalue weighted by molar-refractivity contribution is 9.10. The zero-order valence-electron chi connectivity index (χ0n) is 10.3. The van der Waals surface area contributed by atoms with Crippen molar-refractivity contribution in [2.24, 2.45) is 0 Å². The molecule has 94 valence electrons. The molecule has 0 aliphatic rings. The number of amides is 1. The summed E-state index contributed by atoms with van der Waals surface area (Å²) in [5, 5.41) is 2.99. The summed E-state index contributed by atoms with van der Waals surface area (Å²) in [5.74, 6) is 0.0158. The molecule has 4 heteroatoms. The zero-order valence-corrected chi connectivity index (χ0v) is 13.4. The van der Waals surface area contributed by atoms with E-state index in [2.05, 4.69) is 49.3 Å². The third-order valence-electron chi connectivity index (χ3n) is 2.37. The van der Waals surface area contributed by atoms with Gasteiger partial charge in [0.1, 0.15) is 0 Å². The lowest BCUT2D eigenvalue weighted by molar-refractivity contribution is -0.123. The third-order valence-corrected chi connectivity index (χ3v) is 3.26. The van der Waals surface area contributed by atoms with E-state index in [1.807, 2.05) is 32.9 Å². The summed E-state index contributed by atoms with van der Waals surface area (Å²) >= 11 is 6.75. The number of hydrogen-bond donors (Lipinski definition) is 1. The van der Waals surface area contributed by atoms with Crippen molar-refractivity contribution in [3.8, 4) is 0 Å². The van der Waals surface area contributed by atoms with Gasteiger partial charge in [0, 0.05) is 10.5 Å². The van der Waals surface area contributed by atoms with Crippen LogP contribution in [-0.4, -0.2) is 16.3 Å². The molecule has 0 aliphatic carbocycles. The Morgan fingerprint density at radius 3 is 2.35 bits per heavy atom. The highest BCUT2D eigenvalue weighted by Crippen LogP contribution is 2.16. The summed E-state index contributed by atoms with van der Waals surface area (Å²) in [5.41, 5.74) is 1.22. The maximum absolute atomic E-state index is 11.8. The Morgan fingerprint density at radius 1 is 1.35 bits per heavy atom. The van der Waals surface area contributed by atoms with Gasteiger partial charge in [-0.25, -0.2) is 0 Å². The smallest absolute Gasteiger partial charge is 0.236 e. The van der Waals surface area contributed by atoms with Gasteiger partial charge < -0.3 is 5.32 Å². The van der Waals surface area contributed by atoms with Crippen molar-refractivity contribution in [3.63, 3.8) is 0 Å². The van der Waals surface area contributed by atoms with E-state index in [9.17, 15) is 4.79 Å². The molecule has 0 saturated heterocycles. The second kappa shape index (κ2) is 6.01. The molecule has 0 fully saturated rings. The summed E-state index contributed by atoms with van der Waals surface area (Å²) in [7, 11) is 0. The van der Waals surface area contributed by atoms with E-state index in [1.54, 1.807) is 0 Å². The van der Waals surface area contributed by atoms with E-state index in [0.717, 1.165) is 10.9 Å². The van der Waals surface area contributed by atoms with E-state index in [-0.39, 0.29) is 11.9 Å². The summed E-state index contributed by atoms with van der Waals surface area (Å²) in [6, 6.07) is 8.27. The van der Waals surface area contributed by atoms with Crippen molar-refractivity contribution in [2.45, 2.75) is 37.6 Å². The monoisotopic (exact) mass is 361 g/mol. The van der Waals surface area contributed by atoms with Crippen LogP contribution in [0.1, 0.15) is 26.3 Å². The maximum atomic E-state index is 11.8. The second-order valence-corrected chi connectivity index (χ2v) is 7.58. The molecule has 0 aromatic heterocycles. The largest absolute Gasteiger partial charge is 0.352 e. The second-order valence-electron chi connectivity index (χ2n) is 4.68. The summed E-state index contributed by atoms with van der Waals surface area (Å²) in [4.78, 5) is 11.8. The van der Waals surface area contributed by atoms with Crippen LogP contribution in [0.5, 0.6) is 0 Å². The zero-order chi connectivity index (χ0) is 13.1. The van der Waals surface area contributed by atoms with Gasteiger partial charge in [0.05, 0.1) is 4.32 Å². The van der Waals surface area contributed by atoms with Crippen molar-refractivity contribution >= 4 is 37.8 Å². The van der Waals surface area contributed by atoms with Gasteiger partial charge >= 0.3 is 0 Å². The molecule has 0 aliphatic heterocycles. The fourth-order valence-electron chi connectivity index (χ4n) is 1.42. The van der Waals surface area contributed by atoms with Crippen molar-refractivity contribution < 1.29 is 4.79 Å². The highest BCUT2D eigenvalue weighted by atomic mass is 79.9. The molecule has 1 unspecified atom stereocenters. The van der Waals surface area contributed by atoms with Crippen LogP contribution < -0.4 is 5.32 Å². The van der Waals surface area contributed by atoms with Crippen LogP contribution in [0.4, 0.5) is 0 Å². The number of carbonyl (C=O) groups excluding carboxylic acids is 1. The summed E-state index contributed by atoms with van der Waals surface area (Å²) < 4.78 is 0.556. The molecule has 17 heavy (non-hydrogen) atoms. The van der Waals surface area contributed by atoms with Gasteiger partial charge in [0.2, 0.25) is 5.91 Å². The molecule has 1 atom stereocenters. The number of nitrogens with one attached hydrogen (secondary N) is 1. The molecule has 1 rings (SSSR count). The Bertz CT molecular complexity index is 381. The minimum Gasteiger partial charge on any atom is -0.352 e. The van der Waals surface area contributed by atoms with Crippen molar-refractivity contribution in [1.29, 1.82) is 0 Å². The fourth-order valence-corrected chi connectivity index (χ4v) is 1.80. The maximum Gasteiger partial charge on any atom is 0.236 e. The first-order chi connectivity index (χ1) is 7.79. The number of alkyl halides is 1. The molecule has 1 amide bonds. The molecule has 0 radical (unpaired) electrons. The number of hydrogen-bond acceptors (Lipinski definition) is 1. The Hall–Kier alpha value is -0.350. The lowest BCUT2D eigenvalue weighted by Gasteiger charge is -2.20. The van der Waals surface area contributed by atoms with E-state index in [0.29, 0.717) is 0 Å². The van der Waals surface area contributed by atoms with Crippen LogP contribution >= 0.6 is 31.9 Å². The Labute approximate surface area is 119 Å². The predicted octanol–water partition coefficient (Wildman–Crippen LogP) is 3.67. The van der Waals surface area contributed by atoms with Gasteiger partial charge in [-0.05, 0) is 44.9 Å². The topological polar surface area (TPSA) is 29.1 Å². The number of carbonyl (C=O) groups is 1. The fraction of sp³-hybridized carbons (Fsp3) is 0.462. The van der Waals surface area contributed by atoms with Crippen LogP contribution in [0.25, 0.3) is 0 Å². The molecule has 1 N–H and O–H groups in total. The van der Waals surface area contributed by atoms with E-state index in [1.165, 1.54) is 5.56 Å². The highest BCUT2D eigenvalue weighted by Gasteiger charge is 2.24. The van der Waals surface area contributed by atoms with Crippen LogP contribution in [0.15, 0.2) is 28.7 Å². The molecule has 0 bridgehead atoms. The Balaban J connectivity index is 2.53. The quantitative estimate of drug-likeness (QED) is 0.813. The lowest BCUT2D eigenvalue weighted by atomic mass is 10.1. The molecular weight excluding hydrogens is 346 g/mol. The van der Waals surface area contributed by atoms with Crippen LogP contribution in [0.3, 0.4) is 0 Å². The van der Waals surface area contributed by atoms with Crippen LogP contribution in [-0.2, 0) is 11.2 Å². The number of halogens is 2. The normalized spacial score (nSPS) is 13.2. The minimum absolute atomic E-state index is 0.0158. The molecular formula is C13H17Br2NO. The van der Waals surface area contributed by atoms with Crippen LogP contribution in [0, 0.1) is 0 Å². The van der Waals surface area contributed by atoms with Gasteiger partial charge in [0.25, 0.3) is 0 Å². The minimum atomic E-state index is -0.513. The average Bonchev–Trinajstić information content (AvgIpc) is 2.20. The molecule has 0 spiro atoms. The van der Waals surface area contributed by atoms with Gasteiger partial charge in [-0.3, -0.25) is 4.79 Å². The van der Waals surface area contributed by atoms with Crippen molar-refractivity contribution in [3.05, 3.63) is 34.3 Å². The first kappa shape index (κ1) is 14.7.